The van der Waals surface area contributed by atoms with E-state index in [-0.39, 0.29) is 11.8 Å². The first-order valence-electron chi connectivity index (χ1n) is 4.82. The van der Waals surface area contributed by atoms with Crippen LogP contribution in [-0.4, -0.2) is 16.8 Å². The van der Waals surface area contributed by atoms with E-state index in [2.05, 4.69) is 5.43 Å². The molecule has 1 aliphatic rings. The predicted octanol–water partition coefficient (Wildman–Crippen LogP) is 0.397. The Hall–Kier alpha value is -2.14. The van der Waals surface area contributed by atoms with Gasteiger partial charge in [-0.25, -0.2) is 0 Å². The van der Waals surface area contributed by atoms with Crippen molar-refractivity contribution in [2.24, 2.45) is 5.73 Å². The average molecular weight is 217 g/mol. The highest BCUT2D eigenvalue weighted by Crippen LogP contribution is 2.13. The Morgan fingerprint density at radius 3 is 2.50 bits per heavy atom. The highest BCUT2D eigenvalue weighted by Gasteiger charge is 2.23. The molecule has 2 rings (SSSR count). The number of anilines is 1. The van der Waals surface area contributed by atoms with E-state index in [1.54, 1.807) is 12.1 Å². The lowest BCUT2D eigenvalue weighted by molar-refractivity contribution is -0.135. The molecule has 1 aromatic rings. The van der Waals surface area contributed by atoms with Gasteiger partial charge in [-0.2, -0.15) is 5.01 Å². The maximum Gasteiger partial charge on any atom is 0.272 e. The smallest absolute Gasteiger partial charge is 0.272 e. The summed E-state index contributed by atoms with van der Waals surface area (Å²) in [5.74, 6) is -0.744. The van der Waals surface area contributed by atoms with E-state index < -0.39 is 0 Å². The van der Waals surface area contributed by atoms with E-state index >= 15 is 0 Å². The molecule has 0 atom stereocenters. The Bertz CT molecular complexity index is 450. The minimum atomic E-state index is -0.372. The molecule has 0 saturated heterocycles. The standard InChI is InChI=1S/C11H11N3O2/c12-7-8-2-1-3-9(6-8)13-14-10(15)4-5-11(14)16/h1-6,13H,7,12H2. The van der Waals surface area contributed by atoms with Crippen molar-refractivity contribution in [3.8, 4) is 0 Å². The number of imide groups is 1. The summed E-state index contributed by atoms with van der Waals surface area (Å²) >= 11 is 0. The predicted molar refractivity (Wildman–Crippen MR) is 58.9 cm³/mol. The maximum absolute atomic E-state index is 11.3. The van der Waals surface area contributed by atoms with Gasteiger partial charge < -0.3 is 5.73 Å². The lowest BCUT2D eigenvalue weighted by atomic mass is 10.2. The molecule has 1 aliphatic heterocycles. The van der Waals surface area contributed by atoms with Gasteiger partial charge in [0.05, 0.1) is 5.69 Å². The van der Waals surface area contributed by atoms with Gasteiger partial charge in [-0.05, 0) is 17.7 Å². The summed E-state index contributed by atoms with van der Waals surface area (Å²) in [5.41, 5.74) is 9.81. The lowest BCUT2D eigenvalue weighted by Crippen LogP contribution is -2.35. The molecular weight excluding hydrogens is 206 g/mol. The lowest BCUT2D eigenvalue weighted by Gasteiger charge is -2.16. The Morgan fingerprint density at radius 2 is 1.88 bits per heavy atom. The second-order valence-corrected chi connectivity index (χ2v) is 3.36. The van der Waals surface area contributed by atoms with Crippen molar-refractivity contribution in [1.82, 2.24) is 5.01 Å². The number of amides is 2. The van der Waals surface area contributed by atoms with Gasteiger partial charge in [0.2, 0.25) is 0 Å². The molecule has 0 unspecified atom stereocenters. The third-order valence-electron chi connectivity index (χ3n) is 2.21. The first-order chi connectivity index (χ1) is 7.70. The van der Waals surface area contributed by atoms with Gasteiger partial charge in [0.25, 0.3) is 11.8 Å². The number of benzene rings is 1. The van der Waals surface area contributed by atoms with Crippen molar-refractivity contribution < 1.29 is 9.59 Å². The van der Waals surface area contributed by atoms with Crippen molar-refractivity contribution in [2.75, 3.05) is 5.43 Å². The molecule has 16 heavy (non-hydrogen) atoms. The molecule has 0 bridgehead atoms. The number of hydrogen-bond donors (Lipinski definition) is 2. The number of carbonyl (C=O) groups is 2. The number of hydrazine groups is 1. The first-order valence-corrected chi connectivity index (χ1v) is 4.82. The number of hydrogen-bond acceptors (Lipinski definition) is 4. The van der Waals surface area contributed by atoms with E-state index in [0.29, 0.717) is 12.2 Å². The van der Waals surface area contributed by atoms with Crippen LogP contribution >= 0.6 is 0 Å². The van der Waals surface area contributed by atoms with Gasteiger partial charge in [-0.1, -0.05) is 12.1 Å². The summed E-state index contributed by atoms with van der Waals surface area (Å²) in [6, 6.07) is 7.23. The quantitative estimate of drug-likeness (QED) is 0.718. The van der Waals surface area contributed by atoms with Crippen LogP contribution < -0.4 is 11.2 Å². The largest absolute Gasteiger partial charge is 0.326 e. The molecule has 1 heterocycles. The van der Waals surface area contributed by atoms with Crippen LogP contribution in [0.5, 0.6) is 0 Å². The normalized spacial score (nSPS) is 14.7. The van der Waals surface area contributed by atoms with Crippen LogP contribution in [0, 0.1) is 0 Å². The van der Waals surface area contributed by atoms with Crippen molar-refractivity contribution in [2.45, 2.75) is 6.54 Å². The van der Waals surface area contributed by atoms with Crippen LogP contribution in [0.3, 0.4) is 0 Å². The van der Waals surface area contributed by atoms with Crippen LogP contribution in [0.2, 0.25) is 0 Å². The van der Waals surface area contributed by atoms with Gasteiger partial charge in [0.1, 0.15) is 0 Å². The molecule has 5 nitrogen and oxygen atoms in total. The molecule has 0 fully saturated rings. The van der Waals surface area contributed by atoms with Crippen LogP contribution in [0.15, 0.2) is 36.4 Å². The monoisotopic (exact) mass is 217 g/mol. The molecule has 0 saturated carbocycles. The molecule has 1 aromatic carbocycles. The number of nitrogens with zero attached hydrogens (tertiary/aromatic N) is 1. The fourth-order valence-electron chi connectivity index (χ4n) is 1.41. The molecule has 2 amide bonds. The topological polar surface area (TPSA) is 75.4 Å². The van der Waals surface area contributed by atoms with E-state index in [0.717, 1.165) is 10.6 Å². The fourth-order valence-corrected chi connectivity index (χ4v) is 1.41. The first kappa shape index (κ1) is 10.4. The van der Waals surface area contributed by atoms with Crippen molar-refractivity contribution >= 4 is 17.5 Å². The zero-order valence-corrected chi connectivity index (χ0v) is 8.51. The summed E-state index contributed by atoms with van der Waals surface area (Å²) in [4.78, 5) is 22.5. The third kappa shape index (κ3) is 1.94. The Kier molecular flexibility index (Phi) is 2.70. The Labute approximate surface area is 92.5 Å². The molecule has 0 radical (unpaired) electrons. The minimum Gasteiger partial charge on any atom is -0.326 e. The van der Waals surface area contributed by atoms with E-state index in [1.807, 2.05) is 12.1 Å². The second-order valence-electron chi connectivity index (χ2n) is 3.36. The maximum atomic E-state index is 11.3. The van der Waals surface area contributed by atoms with Crippen LogP contribution in [-0.2, 0) is 16.1 Å². The van der Waals surface area contributed by atoms with Gasteiger partial charge in [-0.3, -0.25) is 15.0 Å². The summed E-state index contributed by atoms with van der Waals surface area (Å²) in [7, 11) is 0. The summed E-state index contributed by atoms with van der Waals surface area (Å²) in [6.45, 7) is 0.412. The van der Waals surface area contributed by atoms with Gasteiger partial charge >= 0.3 is 0 Å². The van der Waals surface area contributed by atoms with E-state index in [9.17, 15) is 9.59 Å². The number of rotatable bonds is 3. The zero-order valence-electron chi connectivity index (χ0n) is 8.51. The summed E-state index contributed by atoms with van der Waals surface area (Å²) < 4.78 is 0. The molecule has 82 valence electrons. The molecule has 5 heteroatoms. The number of nitrogens with two attached hydrogens (primary N) is 1. The SMILES string of the molecule is NCc1cccc(NN2C(=O)C=CC2=O)c1. The Morgan fingerprint density at radius 1 is 1.19 bits per heavy atom. The molecule has 0 spiro atoms. The highest BCUT2D eigenvalue weighted by molar-refractivity contribution is 6.13. The van der Waals surface area contributed by atoms with Crippen LogP contribution in [0.1, 0.15) is 5.56 Å². The van der Waals surface area contributed by atoms with E-state index in [4.69, 9.17) is 5.73 Å². The van der Waals surface area contributed by atoms with Crippen molar-refractivity contribution in [3.05, 3.63) is 42.0 Å². The number of nitrogens with one attached hydrogen (secondary N) is 1. The average Bonchev–Trinajstić information content (AvgIpc) is 2.61. The highest BCUT2D eigenvalue weighted by atomic mass is 16.2. The van der Waals surface area contributed by atoms with Gasteiger partial charge in [0, 0.05) is 18.7 Å². The molecule has 0 aromatic heterocycles. The van der Waals surface area contributed by atoms with Crippen LogP contribution in [0.4, 0.5) is 5.69 Å². The molecule has 0 aliphatic carbocycles. The second kappa shape index (κ2) is 4.16. The zero-order chi connectivity index (χ0) is 11.5. The van der Waals surface area contributed by atoms with Gasteiger partial charge in [0.15, 0.2) is 0 Å². The van der Waals surface area contributed by atoms with Gasteiger partial charge in [-0.15, -0.1) is 0 Å². The van der Waals surface area contributed by atoms with Crippen LogP contribution in [0.25, 0.3) is 0 Å². The molecule has 3 N–H and O–H groups in total. The Balaban J connectivity index is 2.15. The molecular formula is C11H11N3O2. The van der Waals surface area contributed by atoms with Crippen molar-refractivity contribution in [1.29, 1.82) is 0 Å². The minimum absolute atomic E-state index is 0.372. The van der Waals surface area contributed by atoms with E-state index in [1.165, 1.54) is 12.2 Å². The fraction of sp³-hybridized carbons (Fsp3) is 0.0909. The summed E-state index contributed by atoms with van der Waals surface area (Å²) in [5, 5.41) is 0.954. The third-order valence-corrected chi connectivity index (χ3v) is 2.21. The summed E-state index contributed by atoms with van der Waals surface area (Å²) in [6.07, 6.45) is 2.45. The van der Waals surface area contributed by atoms with Crippen molar-refractivity contribution in [3.63, 3.8) is 0 Å². The number of carbonyl (C=O) groups excluding carboxylic acids is 2.